The molecule has 0 radical (unpaired) electrons. The number of primary amides is 1. The van der Waals surface area contributed by atoms with Gasteiger partial charge in [0.05, 0.1) is 11.1 Å². The lowest BCUT2D eigenvalue weighted by atomic mass is 9.73. The Morgan fingerprint density at radius 1 is 0.967 bits per heavy atom. The van der Waals surface area contributed by atoms with Crippen molar-refractivity contribution in [1.29, 1.82) is 0 Å². The van der Waals surface area contributed by atoms with E-state index in [1.165, 1.54) is 11.1 Å². The van der Waals surface area contributed by atoms with Gasteiger partial charge in [-0.05, 0) is 57.2 Å². The van der Waals surface area contributed by atoms with E-state index >= 15 is 0 Å². The number of hydrogen-bond acceptors (Lipinski definition) is 3. The zero-order valence-corrected chi connectivity index (χ0v) is 18.0. The van der Waals surface area contributed by atoms with Crippen molar-refractivity contribution in [3.63, 3.8) is 0 Å². The quantitative estimate of drug-likeness (QED) is 0.845. The molecule has 0 spiro atoms. The maximum Gasteiger partial charge on any atom is 0.233 e. The summed E-state index contributed by atoms with van der Waals surface area (Å²) in [5.41, 5.74) is 8.65. The molecule has 1 aromatic heterocycles. The van der Waals surface area contributed by atoms with Crippen LogP contribution in [0.25, 0.3) is 0 Å². The fraction of sp³-hybridized carbons (Fsp3) is 0.480. The highest BCUT2D eigenvalue weighted by Crippen LogP contribution is 2.45. The van der Waals surface area contributed by atoms with Crippen molar-refractivity contribution in [3.8, 4) is 0 Å². The third-order valence-electron chi connectivity index (χ3n) is 7.05. The standard InChI is InChI=1S/C25H31N3O2/c1-18-14-19(2)16-20(15-18)24(9-4-5-10-24)23(30)28-13-7-11-25(17-28,22(26)29)21-8-3-6-12-27-21/h3,6,8,12,14-16H,4-5,7,9-11,13,17H2,1-2H3,(H2,26,29). The van der Waals surface area contributed by atoms with Gasteiger partial charge in [-0.2, -0.15) is 0 Å². The number of rotatable bonds is 4. The molecule has 30 heavy (non-hydrogen) atoms. The Kier molecular flexibility index (Phi) is 5.39. The number of piperidine rings is 1. The predicted molar refractivity (Wildman–Crippen MR) is 117 cm³/mol. The summed E-state index contributed by atoms with van der Waals surface area (Å²) in [5, 5.41) is 0. The number of carbonyl (C=O) groups excluding carboxylic acids is 2. The number of nitrogens with zero attached hydrogens (tertiary/aromatic N) is 2. The molecule has 5 nitrogen and oxygen atoms in total. The van der Waals surface area contributed by atoms with Gasteiger partial charge in [-0.15, -0.1) is 0 Å². The number of hydrogen-bond donors (Lipinski definition) is 1. The summed E-state index contributed by atoms with van der Waals surface area (Å²) in [4.78, 5) is 33.0. The van der Waals surface area contributed by atoms with E-state index in [0.29, 0.717) is 25.2 Å². The third kappa shape index (κ3) is 3.40. The smallest absolute Gasteiger partial charge is 0.233 e. The first-order chi connectivity index (χ1) is 14.4. The molecule has 1 atom stereocenters. The van der Waals surface area contributed by atoms with Crippen LogP contribution in [0.2, 0.25) is 0 Å². The number of aryl methyl sites for hydroxylation is 2. The van der Waals surface area contributed by atoms with Gasteiger partial charge in [0, 0.05) is 19.3 Å². The van der Waals surface area contributed by atoms with Crippen molar-refractivity contribution in [1.82, 2.24) is 9.88 Å². The zero-order valence-electron chi connectivity index (χ0n) is 18.0. The molecule has 2 aliphatic rings. The molecule has 2 amide bonds. The van der Waals surface area contributed by atoms with Crippen LogP contribution in [0.15, 0.2) is 42.6 Å². The Hall–Kier alpha value is -2.69. The molecule has 1 aliphatic carbocycles. The minimum atomic E-state index is -0.919. The van der Waals surface area contributed by atoms with Gasteiger partial charge in [-0.1, -0.05) is 48.2 Å². The molecule has 4 rings (SSSR count). The van der Waals surface area contributed by atoms with E-state index in [1.54, 1.807) is 6.20 Å². The van der Waals surface area contributed by atoms with Crippen molar-refractivity contribution >= 4 is 11.8 Å². The summed E-state index contributed by atoms with van der Waals surface area (Å²) in [6, 6.07) is 12.0. The maximum atomic E-state index is 14.0. The highest BCUT2D eigenvalue weighted by Gasteiger charge is 2.50. The van der Waals surface area contributed by atoms with Crippen LogP contribution in [0, 0.1) is 13.8 Å². The first kappa shape index (κ1) is 20.6. The monoisotopic (exact) mass is 405 g/mol. The summed E-state index contributed by atoms with van der Waals surface area (Å²) >= 11 is 0. The molecule has 2 aromatic rings. The van der Waals surface area contributed by atoms with Crippen molar-refractivity contribution in [2.75, 3.05) is 13.1 Å². The molecular formula is C25H31N3O2. The van der Waals surface area contributed by atoms with E-state index in [2.05, 4.69) is 37.0 Å². The second-order valence-electron chi connectivity index (χ2n) is 9.16. The summed E-state index contributed by atoms with van der Waals surface area (Å²) in [7, 11) is 0. The van der Waals surface area contributed by atoms with Crippen molar-refractivity contribution in [2.45, 2.75) is 63.2 Å². The van der Waals surface area contributed by atoms with Crippen LogP contribution in [0.3, 0.4) is 0 Å². The molecule has 1 aromatic carbocycles. The minimum absolute atomic E-state index is 0.145. The fourth-order valence-electron chi connectivity index (χ4n) is 5.57. The zero-order chi connectivity index (χ0) is 21.4. The fourth-order valence-corrected chi connectivity index (χ4v) is 5.57. The minimum Gasteiger partial charge on any atom is -0.369 e. The number of pyridine rings is 1. The first-order valence-electron chi connectivity index (χ1n) is 11.0. The van der Waals surface area contributed by atoms with Crippen LogP contribution in [0.5, 0.6) is 0 Å². The summed E-state index contributed by atoms with van der Waals surface area (Å²) in [5.74, 6) is -0.253. The largest absolute Gasteiger partial charge is 0.369 e. The molecule has 2 fully saturated rings. The van der Waals surface area contributed by atoms with Gasteiger partial charge in [0.25, 0.3) is 0 Å². The number of amides is 2. The SMILES string of the molecule is Cc1cc(C)cc(C2(C(=O)N3CCCC(C(N)=O)(c4ccccn4)C3)CCCC2)c1. The topological polar surface area (TPSA) is 76.3 Å². The van der Waals surface area contributed by atoms with Crippen LogP contribution in [0.1, 0.15) is 60.9 Å². The summed E-state index contributed by atoms with van der Waals surface area (Å²) < 4.78 is 0. The lowest BCUT2D eigenvalue weighted by Gasteiger charge is -2.44. The number of nitrogens with two attached hydrogens (primary N) is 1. The number of benzene rings is 1. The molecule has 158 valence electrons. The molecule has 1 aliphatic heterocycles. The van der Waals surface area contributed by atoms with E-state index in [-0.39, 0.29) is 5.91 Å². The third-order valence-corrected chi connectivity index (χ3v) is 7.05. The lowest BCUT2D eigenvalue weighted by molar-refractivity contribution is -0.141. The van der Waals surface area contributed by atoms with Crippen LogP contribution < -0.4 is 5.73 Å². The molecule has 1 saturated carbocycles. The Labute approximate surface area is 178 Å². The van der Waals surface area contributed by atoms with Gasteiger partial charge in [0.15, 0.2) is 0 Å². The van der Waals surface area contributed by atoms with Crippen molar-refractivity contribution in [3.05, 3.63) is 65.0 Å². The molecule has 0 bridgehead atoms. The first-order valence-corrected chi connectivity index (χ1v) is 11.0. The Morgan fingerprint density at radius 2 is 1.63 bits per heavy atom. The molecule has 1 saturated heterocycles. The number of aromatic nitrogens is 1. The average molecular weight is 406 g/mol. The van der Waals surface area contributed by atoms with Crippen LogP contribution >= 0.6 is 0 Å². The maximum absolute atomic E-state index is 14.0. The van der Waals surface area contributed by atoms with E-state index in [9.17, 15) is 9.59 Å². The molecule has 2 N–H and O–H groups in total. The number of likely N-dealkylation sites (tertiary alicyclic amines) is 1. The van der Waals surface area contributed by atoms with Gasteiger partial charge < -0.3 is 10.6 Å². The Balaban J connectivity index is 1.71. The normalized spacial score (nSPS) is 23.3. The second kappa shape index (κ2) is 7.86. The van der Waals surface area contributed by atoms with Gasteiger partial charge in [-0.3, -0.25) is 14.6 Å². The van der Waals surface area contributed by atoms with Gasteiger partial charge >= 0.3 is 0 Å². The molecular weight excluding hydrogens is 374 g/mol. The Morgan fingerprint density at radius 3 is 2.23 bits per heavy atom. The van der Waals surface area contributed by atoms with E-state index in [1.807, 2.05) is 23.1 Å². The van der Waals surface area contributed by atoms with Crippen molar-refractivity contribution < 1.29 is 9.59 Å². The van der Waals surface area contributed by atoms with Crippen LogP contribution in [-0.4, -0.2) is 34.8 Å². The summed E-state index contributed by atoms with van der Waals surface area (Å²) in [6.45, 7) is 5.14. The van der Waals surface area contributed by atoms with Gasteiger partial charge in [0.1, 0.15) is 5.41 Å². The highest BCUT2D eigenvalue weighted by molar-refractivity contribution is 5.91. The molecule has 5 heteroatoms. The summed E-state index contributed by atoms with van der Waals surface area (Å²) in [6.07, 6.45) is 6.88. The number of carbonyl (C=O) groups is 2. The van der Waals surface area contributed by atoms with E-state index < -0.39 is 16.7 Å². The van der Waals surface area contributed by atoms with Crippen molar-refractivity contribution in [2.24, 2.45) is 5.73 Å². The average Bonchev–Trinajstić information content (AvgIpc) is 3.24. The predicted octanol–water partition coefficient (Wildman–Crippen LogP) is 3.56. The van der Waals surface area contributed by atoms with E-state index in [0.717, 1.165) is 37.7 Å². The lowest BCUT2D eigenvalue weighted by Crippen LogP contribution is -2.58. The van der Waals surface area contributed by atoms with Crippen LogP contribution in [0.4, 0.5) is 0 Å². The molecule has 2 heterocycles. The van der Waals surface area contributed by atoms with Gasteiger partial charge in [-0.25, -0.2) is 0 Å². The van der Waals surface area contributed by atoms with Crippen LogP contribution in [-0.2, 0) is 20.4 Å². The molecule has 1 unspecified atom stereocenters. The van der Waals surface area contributed by atoms with E-state index in [4.69, 9.17) is 5.73 Å². The van der Waals surface area contributed by atoms with Gasteiger partial charge in [0.2, 0.25) is 11.8 Å². The Bertz CT molecular complexity index is 930. The second-order valence-corrected chi connectivity index (χ2v) is 9.16. The highest BCUT2D eigenvalue weighted by atomic mass is 16.2.